The number of hydrogen-bond donors (Lipinski definition) is 0. The van der Waals surface area contributed by atoms with Gasteiger partial charge in [0.05, 0.1) is 16.4 Å². The quantitative estimate of drug-likeness (QED) is 0.199. The SMILES string of the molecule is Cc1c[n+](C)c2c3c(C)ccc4cccc(c43)n3c4ccccc4c1c23. The Morgan fingerprint density at radius 1 is 0.731 bits per heavy atom. The summed E-state index contributed by atoms with van der Waals surface area (Å²) >= 11 is 0. The fourth-order valence-corrected chi connectivity index (χ4v) is 4.95. The Morgan fingerprint density at radius 2 is 1.54 bits per heavy atom. The fraction of sp³-hybridized carbons (Fsp3) is 0.125. The van der Waals surface area contributed by atoms with Gasteiger partial charge in [-0.15, -0.1) is 0 Å². The third-order valence-corrected chi connectivity index (χ3v) is 5.94. The molecule has 0 saturated heterocycles. The smallest absolute Gasteiger partial charge is 0.238 e. The van der Waals surface area contributed by atoms with E-state index in [1.165, 1.54) is 60.1 Å². The highest BCUT2D eigenvalue weighted by Crippen LogP contribution is 2.40. The van der Waals surface area contributed by atoms with Crippen molar-refractivity contribution in [2.45, 2.75) is 13.8 Å². The van der Waals surface area contributed by atoms with Gasteiger partial charge in [-0.3, -0.25) is 0 Å². The Bertz CT molecular complexity index is 1500. The summed E-state index contributed by atoms with van der Waals surface area (Å²) in [7, 11) is 2.18. The molecule has 26 heavy (non-hydrogen) atoms. The minimum Gasteiger partial charge on any atom is -0.303 e. The van der Waals surface area contributed by atoms with Crippen LogP contribution in [0.15, 0.2) is 60.8 Å². The largest absolute Gasteiger partial charge is 0.303 e. The van der Waals surface area contributed by atoms with Crippen molar-refractivity contribution in [3.05, 3.63) is 71.9 Å². The molecule has 0 aliphatic heterocycles. The number of benzene rings is 3. The van der Waals surface area contributed by atoms with Crippen molar-refractivity contribution >= 4 is 49.0 Å². The molecule has 124 valence electrons. The molecule has 6 rings (SSSR count). The number of hydrogen-bond acceptors (Lipinski definition) is 0. The number of rotatable bonds is 0. The van der Waals surface area contributed by atoms with Crippen molar-refractivity contribution in [3.63, 3.8) is 0 Å². The molecule has 0 radical (unpaired) electrons. The average Bonchev–Trinajstić information content (AvgIpc) is 2.99. The van der Waals surface area contributed by atoms with E-state index in [4.69, 9.17) is 0 Å². The number of aryl methyl sites for hydroxylation is 3. The summed E-state index contributed by atoms with van der Waals surface area (Å²) in [6, 6.07) is 20.0. The van der Waals surface area contributed by atoms with Gasteiger partial charge in [0.15, 0.2) is 6.20 Å². The molecule has 0 amide bonds. The van der Waals surface area contributed by atoms with E-state index in [1.54, 1.807) is 0 Å². The van der Waals surface area contributed by atoms with Crippen LogP contribution in [0.2, 0.25) is 0 Å². The monoisotopic (exact) mass is 335 g/mol. The second-order valence-electron chi connectivity index (χ2n) is 7.48. The lowest BCUT2D eigenvalue weighted by atomic mass is 9.97. The molecule has 2 nitrogen and oxygen atoms in total. The number of pyridine rings is 2. The molecule has 0 fully saturated rings. The molecule has 0 aliphatic carbocycles. The Balaban J connectivity index is 2.18. The maximum atomic E-state index is 2.47. The van der Waals surface area contributed by atoms with Crippen molar-refractivity contribution in [1.82, 2.24) is 4.40 Å². The number of aromatic nitrogens is 2. The first-order chi connectivity index (χ1) is 12.7. The van der Waals surface area contributed by atoms with Crippen LogP contribution in [0, 0.1) is 13.8 Å². The number of para-hydroxylation sites is 1. The van der Waals surface area contributed by atoms with E-state index in [0.29, 0.717) is 0 Å². The lowest BCUT2D eigenvalue weighted by Crippen LogP contribution is -2.29. The summed E-state index contributed by atoms with van der Waals surface area (Å²) in [6.07, 6.45) is 2.28. The first kappa shape index (κ1) is 14.1. The molecular weight excluding hydrogens is 316 g/mol. The first-order valence-corrected chi connectivity index (χ1v) is 9.12. The van der Waals surface area contributed by atoms with Gasteiger partial charge in [0.1, 0.15) is 12.6 Å². The maximum absolute atomic E-state index is 2.47. The van der Waals surface area contributed by atoms with Crippen LogP contribution in [-0.4, -0.2) is 4.40 Å². The van der Waals surface area contributed by atoms with Crippen LogP contribution in [0.25, 0.3) is 49.0 Å². The van der Waals surface area contributed by atoms with Gasteiger partial charge in [-0.2, -0.15) is 4.57 Å². The molecule has 0 bridgehead atoms. The van der Waals surface area contributed by atoms with Gasteiger partial charge in [0, 0.05) is 21.7 Å². The van der Waals surface area contributed by atoms with E-state index in [2.05, 4.69) is 90.7 Å². The normalized spacial score (nSPS) is 12.4. The average molecular weight is 335 g/mol. The molecule has 2 heteroatoms. The summed E-state index contributed by atoms with van der Waals surface area (Å²) in [5.41, 5.74) is 7.91. The summed E-state index contributed by atoms with van der Waals surface area (Å²) in [6.45, 7) is 4.46. The highest BCUT2D eigenvalue weighted by atomic mass is 15.0. The molecule has 0 aliphatic rings. The fourth-order valence-electron chi connectivity index (χ4n) is 4.95. The first-order valence-electron chi connectivity index (χ1n) is 9.12. The van der Waals surface area contributed by atoms with Gasteiger partial charge >= 0.3 is 0 Å². The van der Waals surface area contributed by atoms with Crippen molar-refractivity contribution in [1.29, 1.82) is 0 Å². The van der Waals surface area contributed by atoms with Crippen LogP contribution in [0.4, 0.5) is 0 Å². The van der Waals surface area contributed by atoms with Crippen LogP contribution >= 0.6 is 0 Å². The highest BCUT2D eigenvalue weighted by molar-refractivity contribution is 6.26. The lowest BCUT2D eigenvalue weighted by Gasteiger charge is -2.13. The van der Waals surface area contributed by atoms with E-state index in [9.17, 15) is 0 Å². The molecule has 3 aromatic carbocycles. The van der Waals surface area contributed by atoms with Gasteiger partial charge in [0.2, 0.25) is 5.52 Å². The van der Waals surface area contributed by atoms with Crippen LogP contribution < -0.4 is 4.57 Å². The zero-order valence-corrected chi connectivity index (χ0v) is 15.2. The zero-order chi connectivity index (χ0) is 17.6. The molecule has 0 atom stereocenters. The third-order valence-electron chi connectivity index (χ3n) is 5.94. The van der Waals surface area contributed by atoms with Gasteiger partial charge < -0.3 is 4.40 Å². The molecule has 6 aromatic rings. The van der Waals surface area contributed by atoms with Crippen LogP contribution in [0.5, 0.6) is 0 Å². The van der Waals surface area contributed by atoms with Crippen molar-refractivity contribution in [2.24, 2.45) is 7.05 Å². The Hall–Kier alpha value is -3.13. The van der Waals surface area contributed by atoms with Gasteiger partial charge in [-0.05, 0) is 36.9 Å². The van der Waals surface area contributed by atoms with E-state index >= 15 is 0 Å². The molecular formula is C24H19N2+. The van der Waals surface area contributed by atoms with E-state index in [-0.39, 0.29) is 0 Å². The molecule has 3 heterocycles. The van der Waals surface area contributed by atoms with Gasteiger partial charge in [0.25, 0.3) is 0 Å². The van der Waals surface area contributed by atoms with E-state index < -0.39 is 0 Å². The Morgan fingerprint density at radius 3 is 2.42 bits per heavy atom. The summed E-state index contributed by atoms with van der Waals surface area (Å²) in [4.78, 5) is 0. The number of nitrogens with zero attached hydrogens (tertiary/aromatic N) is 2. The molecule has 3 aromatic heterocycles. The Labute approximate surface area is 151 Å². The maximum Gasteiger partial charge on any atom is 0.238 e. The van der Waals surface area contributed by atoms with Gasteiger partial charge in [-0.25, -0.2) is 0 Å². The summed E-state index contributed by atoms with van der Waals surface area (Å²) in [5.74, 6) is 0. The predicted molar refractivity (Wildman–Crippen MR) is 109 cm³/mol. The van der Waals surface area contributed by atoms with Gasteiger partial charge in [-0.1, -0.05) is 42.5 Å². The molecule has 0 unspecified atom stereocenters. The predicted octanol–water partition coefficient (Wildman–Crippen LogP) is 5.43. The van der Waals surface area contributed by atoms with Crippen LogP contribution in [0.3, 0.4) is 0 Å². The van der Waals surface area contributed by atoms with Crippen molar-refractivity contribution in [2.75, 3.05) is 0 Å². The molecule has 0 N–H and O–H groups in total. The van der Waals surface area contributed by atoms with Crippen molar-refractivity contribution < 1.29 is 4.57 Å². The summed E-state index contributed by atoms with van der Waals surface area (Å²) in [5, 5.41) is 6.76. The zero-order valence-electron chi connectivity index (χ0n) is 15.2. The molecule has 0 spiro atoms. The van der Waals surface area contributed by atoms with Crippen LogP contribution in [0.1, 0.15) is 11.1 Å². The topological polar surface area (TPSA) is 8.29 Å². The minimum absolute atomic E-state index is 1.29. The molecule has 0 saturated carbocycles. The second kappa shape index (κ2) is 4.53. The third kappa shape index (κ3) is 1.47. The van der Waals surface area contributed by atoms with E-state index in [1.807, 2.05) is 0 Å². The van der Waals surface area contributed by atoms with E-state index in [0.717, 1.165) is 0 Å². The number of fused-ring (bicyclic) bond motifs is 5. The highest BCUT2D eigenvalue weighted by Gasteiger charge is 2.25. The Kier molecular flexibility index (Phi) is 2.45. The lowest BCUT2D eigenvalue weighted by molar-refractivity contribution is -0.644. The minimum atomic E-state index is 1.29. The van der Waals surface area contributed by atoms with Crippen LogP contribution in [-0.2, 0) is 7.05 Å². The summed E-state index contributed by atoms with van der Waals surface area (Å²) < 4.78 is 4.78. The second-order valence-corrected chi connectivity index (χ2v) is 7.48. The van der Waals surface area contributed by atoms with Crippen molar-refractivity contribution in [3.8, 4) is 0 Å². The standard InChI is InChI=1S/C24H19N2/c1-14-11-12-16-7-6-10-19-22(16)21(14)23-24-20(15(2)13-25(23)3)17-8-4-5-9-18(17)26(19)24/h4-13H,1-3H3/q+1.